The summed E-state index contributed by atoms with van der Waals surface area (Å²) in [6.45, 7) is 7.59. The van der Waals surface area contributed by atoms with Gasteiger partial charge in [-0.05, 0) is 49.7 Å². The third kappa shape index (κ3) is 3.73. The van der Waals surface area contributed by atoms with Gasteiger partial charge in [0.05, 0.1) is 6.26 Å². The van der Waals surface area contributed by atoms with E-state index in [9.17, 15) is 14.4 Å². The van der Waals surface area contributed by atoms with Crippen LogP contribution in [0.25, 0.3) is 0 Å². The summed E-state index contributed by atoms with van der Waals surface area (Å²) in [6, 6.07) is 2.65. The van der Waals surface area contributed by atoms with Crippen LogP contribution in [0.5, 0.6) is 0 Å². The molecule has 1 aliphatic carbocycles. The highest BCUT2D eigenvalue weighted by atomic mass is 16.5. The second kappa shape index (κ2) is 7.37. The lowest BCUT2D eigenvalue weighted by Crippen LogP contribution is -2.42. The average molecular weight is 376 g/mol. The zero-order valence-electron chi connectivity index (χ0n) is 16.4. The Morgan fingerprint density at radius 2 is 2.15 bits per heavy atom. The smallest absolute Gasteiger partial charge is 0.326 e. The maximum Gasteiger partial charge on any atom is 0.326 e. The minimum absolute atomic E-state index is 0.168. The van der Waals surface area contributed by atoms with Crippen LogP contribution in [0.4, 0.5) is 4.79 Å². The fourth-order valence-electron chi connectivity index (χ4n) is 4.16. The van der Waals surface area contributed by atoms with E-state index >= 15 is 0 Å². The predicted octanol–water partition coefficient (Wildman–Crippen LogP) is 3.05. The van der Waals surface area contributed by atoms with E-state index < -0.39 is 30.0 Å². The fraction of sp³-hybridized carbons (Fsp3) is 0.650. The fourth-order valence-corrected chi connectivity index (χ4v) is 4.16. The van der Waals surface area contributed by atoms with Gasteiger partial charge < -0.3 is 14.5 Å². The van der Waals surface area contributed by atoms with E-state index in [-0.39, 0.29) is 6.10 Å². The average Bonchev–Trinajstić information content (AvgIpc) is 3.19. The molecule has 2 aliphatic rings. The van der Waals surface area contributed by atoms with E-state index in [1.54, 1.807) is 19.1 Å². The van der Waals surface area contributed by atoms with Crippen LogP contribution in [0.3, 0.4) is 0 Å². The minimum atomic E-state index is -1.30. The molecule has 1 aromatic rings. The number of ether oxygens (including phenoxy) is 1. The van der Waals surface area contributed by atoms with Crippen molar-refractivity contribution in [2.24, 2.45) is 17.8 Å². The van der Waals surface area contributed by atoms with E-state index in [1.165, 1.54) is 6.26 Å². The molecule has 1 aliphatic heterocycles. The number of hydrogen-bond donors (Lipinski definition) is 1. The summed E-state index contributed by atoms with van der Waals surface area (Å²) in [6.07, 6.45) is 4.24. The largest absolute Gasteiger partial charge is 0.466 e. The van der Waals surface area contributed by atoms with Crippen LogP contribution in [0.2, 0.25) is 0 Å². The molecule has 1 saturated heterocycles. The summed E-state index contributed by atoms with van der Waals surface area (Å²) in [5.74, 6) is 0.481. The standard InChI is InChI=1S/C20H28N2O5/c1-12(2)14-8-7-13(3)10-15(14)27-17(23)11-22-18(24)20(4,21-19(22)25)16-6-5-9-26-16/h5-6,9,12-15H,7-8,10-11H2,1-4H3,(H,21,25). The van der Waals surface area contributed by atoms with E-state index in [0.717, 1.165) is 24.2 Å². The summed E-state index contributed by atoms with van der Waals surface area (Å²) < 4.78 is 11.0. The summed E-state index contributed by atoms with van der Waals surface area (Å²) in [7, 11) is 0. The Hall–Kier alpha value is -2.31. The maximum atomic E-state index is 12.8. The number of carbonyl (C=O) groups is 3. The van der Waals surface area contributed by atoms with Crippen molar-refractivity contribution in [2.75, 3.05) is 6.54 Å². The first-order chi connectivity index (χ1) is 12.7. The van der Waals surface area contributed by atoms with Crippen LogP contribution < -0.4 is 5.32 Å². The highest BCUT2D eigenvalue weighted by Gasteiger charge is 2.51. The van der Waals surface area contributed by atoms with Crippen LogP contribution in [0.15, 0.2) is 22.8 Å². The van der Waals surface area contributed by atoms with Gasteiger partial charge in [0, 0.05) is 0 Å². The number of rotatable bonds is 5. The molecule has 1 N–H and O–H groups in total. The molecule has 1 aromatic heterocycles. The van der Waals surface area contributed by atoms with Crippen molar-refractivity contribution >= 4 is 17.9 Å². The second-order valence-electron chi connectivity index (χ2n) is 8.28. The Kier molecular flexibility index (Phi) is 5.31. The SMILES string of the molecule is CC1CCC(C(C)C)C(OC(=O)CN2C(=O)NC(C)(c3ccco3)C2=O)C1. The monoisotopic (exact) mass is 376 g/mol. The quantitative estimate of drug-likeness (QED) is 0.630. The molecule has 1 saturated carbocycles. The van der Waals surface area contributed by atoms with Crippen LogP contribution in [-0.4, -0.2) is 35.5 Å². The van der Waals surface area contributed by atoms with Crippen molar-refractivity contribution in [3.8, 4) is 0 Å². The van der Waals surface area contributed by atoms with Gasteiger partial charge in [-0.15, -0.1) is 0 Å². The highest BCUT2D eigenvalue weighted by molar-refractivity contribution is 6.08. The lowest BCUT2D eigenvalue weighted by Gasteiger charge is -2.36. The highest BCUT2D eigenvalue weighted by Crippen LogP contribution is 2.35. The molecule has 7 heteroatoms. The molecule has 2 heterocycles. The lowest BCUT2D eigenvalue weighted by atomic mass is 9.75. The summed E-state index contributed by atoms with van der Waals surface area (Å²) in [5.41, 5.74) is -1.30. The maximum absolute atomic E-state index is 12.8. The first-order valence-corrected chi connectivity index (χ1v) is 9.60. The van der Waals surface area contributed by atoms with Crippen LogP contribution >= 0.6 is 0 Å². The summed E-state index contributed by atoms with van der Waals surface area (Å²) in [4.78, 5) is 38.5. The zero-order valence-corrected chi connectivity index (χ0v) is 16.4. The van der Waals surface area contributed by atoms with Crippen molar-refractivity contribution in [1.82, 2.24) is 10.2 Å². The third-order valence-electron chi connectivity index (χ3n) is 5.82. The van der Waals surface area contributed by atoms with Gasteiger partial charge in [0.1, 0.15) is 18.4 Å². The van der Waals surface area contributed by atoms with Crippen LogP contribution in [0.1, 0.15) is 52.7 Å². The third-order valence-corrected chi connectivity index (χ3v) is 5.82. The second-order valence-corrected chi connectivity index (χ2v) is 8.28. The molecular formula is C20H28N2O5. The normalized spacial score (nSPS) is 31.3. The molecule has 0 spiro atoms. The molecule has 2 fully saturated rings. The van der Waals surface area contributed by atoms with E-state index in [0.29, 0.717) is 23.5 Å². The molecule has 4 unspecified atom stereocenters. The lowest BCUT2D eigenvalue weighted by molar-refractivity contribution is -0.158. The molecule has 148 valence electrons. The number of furan rings is 1. The Morgan fingerprint density at radius 3 is 2.78 bits per heavy atom. The number of amides is 3. The Bertz CT molecular complexity index is 714. The molecule has 4 atom stereocenters. The van der Waals surface area contributed by atoms with Crippen molar-refractivity contribution < 1.29 is 23.5 Å². The predicted molar refractivity (Wildman–Crippen MR) is 97.5 cm³/mol. The van der Waals surface area contributed by atoms with E-state index in [1.807, 2.05) is 0 Å². The molecule has 7 nitrogen and oxygen atoms in total. The number of nitrogens with zero attached hydrogens (tertiary/aromatic N) is 1. The number of imide groups is 1. The molecule has 0 radical (unpaired) electrons. The zero-order chi connectivity index (χ0) is 19.8. The van der Waals surface area contributed by atoms with Gasteiger partial charge in [-0.3, -0.25) is 14.5 Å². The van der Waals surface area contributed by atoms with Gasteiger partial charge in [0.25, 0.3) is 5.91 Å². The molecule has 0 aromatic carbocycles. The minimum Gasteiger partial charge on any atom is -0.466 e. The van der Waals surface area contributed by atoms with E-state index in [2.05, 4.69) is 26.1 Å². The molecule has 3 rings (SSSR count). The molecule has 0 bridgehead atoms. The van der Waals surface area contributed by atoms with Crippen molar-refractivity contribution in [1.29, 1.82) is 0 Å². The first-order valence-electron chi connectivity index (χ1n) is 9.60. The molecular weight excluding hydrogens is 348 g/mol. The summed E-state index contributed by atoms with van der Waals surface area (Å²) in [5, 5.41) is 2.61. The number of hydrogen-bond acceptors (Lipinski definition) is 5. The van der Waals surface area contributed by atoms with Gasteiger partial charge in [0.2, 0.25) is 0 Å². The van der Waals surface area contributed by atoms with Crippen LogP contribution in [-0.2, 0) is 19.9 Å². The summed E-state index contributed by atoms with van der Waals surface area (Å²) >= 11 is 0. The van der Waals surface area contributed by atoms with Gasteiger partial charge in [-0.25, -0.2) is 4.79 Å². The van der Waals surface area contributed by atoms with Gasteiger partial charge in [0.15, 0.2) is 5.54 Å². The number of esters is 1. The Balaban J connectivity index is 1.67. The van der Waals surface area contributed by atoms with Crippen LogP contribution in [0, 0.1) is 17.8 Å². The van der Waals surface area contributed by atoms with Gasteiger partial charge in [-0.2, -0.15) is 0 Å². The number of carbonyl (C=O) groups excluding carboxylic acids is 3. The Morgan fingerprint density at radius 1 is 1.41 bits per heavy atom. The van der Waals surface area contributed by atoms with E-state index in [4.69, 9.17) is 9.15 Å². The van der Waals surface area contributed by atoms with Gasteiger partial charge >= 0.3 is 12.0 Å². The van der Waals surface area contributed by atoms with Crippen molar-refractivity contribution in [3.63, 3.8) is 0 Å². The molecule has 27 heavy (non-hydrogen) atoms. The topological polar surface area (TPSA) is 88.8 Å². The Labute approximate surface area is 159 Å². The van der Waals surface area contributed by atoms with Crippen molar-refractivity contribution in [2.45, 2.75) is 58.6 Å². The van der Waals surface area contributed by atoms with Crippen molar-refractivity contribution in [3.05, 3.63) is 24.2 Å². The van der Waals surface area contributed by atoms with Gasteiger partial charge in [-0.1, -0.05) is 27.2 Å². The molecule has 3 amide bonds. The number of nitrogens with one attached hydrogen (secondary N) is 1. The first kappa shape index (κ1) is 19.5. The number of urea groups is 1.